The van der Waals surface area contributed by atoms with Gasteiger partial charge in [-0.15, -0.1) is 0 Å². The first-order chi connectivity index (χ1) is 22.3. The van der Waals surface area contributed by atoms with Crippen molar-refractivity contribution in [3.63, 3.8) is 0 Å². The van der Waals surface area contributed by atoms with Crippen molar-refractivity contribution in [3.8, 4) is 16.9 Å². The maximum atomic E-state index is 13.5. The largest absolute Gasteiger partial charge is 0.493 e. The minimum Gasteiger partial charge on any atom is -0.419 e. The van der Waals surface area contributed by atoms with E-state index in [2.05, 4.69) is 9.88 Å². The van der Waals surface area contributed by atoms with E-state index in [-0.39, 0.29) is 28.7 Å². The van der Waals surface area contributed by atoms with E-state index >= 15 is 0 Å². The Kier molecular flexibility index (Phi) is 8.38. The number of hydrogen-bond acceptors (Lipinski definition) is 6. The number of fused-ring (bicyclic) bond motifs is 2. The first kappa shape index (κ1) is 32.0. The number of aromatic nitrogens is 2. The molecule has 5 aromatic rings. The molecule has 1 saturated heterocycles. The molecule has 0 amide bonds. The summed E-state index contributed by atoms with van der Waals surface area (Å²) in [6.07, 6.45) is -8.20. The lowest BCUT2D eigenvalue weighted by molar-refractivity contribution is -0.199. The fourth-order valence-corrected chi connectivity index (χ4v) is 5.88. The molecule has 47 heavy (non-hydrogen) atoms. The number of nitrogens with zero attached hydrogens (tertiary/aromatic N) is 3. The van der Waals surface area contributed by atoms with Crippen LogP contribution in [0.3, 0.4) is 0 Å². The van der Waals surface area contributed by atoms with Gasteiger partial charge in [-0.2, -0.15) is 31.1 Å². The summed E-state index contributed by atoms with van der Waals surface area (Å²) in [5.41, 5.74) is 3.39. The van der Waals surface area contributed by atoms with Gasteiger partial charge in [0.1, 0.15) is 5.75 Å². The van der Waals surface area contributed by atoms with Gasteiger partial charge in [0, 0.05) is 61.1 Å². The predicted molar refractivity (Wildman–Crippen MR) is 162 cm³/mol. The van der Waals surface area contributed by atoms with Gasteiger partial charge in [-0.1, -0.05) is 43.3 Å². The van der Waals surface area contributed by atoms with Crippen molar-refractivity contribution in [3.05, 3.63) is 84.2 Å². The molecular weight excluding hydrogens is 630 g/mol. The monoisotopic (exact) mass is 658 g/mol. The molecule has 0 radical (unpaired) electrons. The summed E-state index contributed by atoms with van der Waals surface area (Å²) in [6, 6.07) is 18.4. The average Bonchev–Trinajstić information content (AvgIpc) is 3.64. The molecule has 246 valence electrons. The number of benzene rings is 3. The first-order valence-corrected chi connectivity index (χ1v) is 14.7. The quantitative estimate of drug-likeness (QED) is 0.120. The molecule has 0 atom stereocenters. The van der Waals surface area contributed by atoms with E-state index in [1.807, 2.05) is 42.3 Å². The Balaban J connectivity index is 1.45. The molecule has 8 nitrogen and oxygen atoms in total. The smallest absolute Gasteiger partial charge is 0.419 e. The third-order valence-electron chi connectivity index (χ3n) is 8.16. The standard InChI is InChI=1S/C33H28F6N4O4/c1-2-20-9-11-21(12-10-20)28-26(19-41-15-17-42(18-16-41)24-6-3-5-23-22(24)13-14-40-23)43(47-31(45)33(37,38)39)25-7-4-8-27(29(25)28)46-30(44)32(34,35)36/h3-14,40H,2,15-19H2,1H3. The highest BCUT2D eigenvalue weighted by Gasteiger charge is 2.44. The van der Waals surface area contributed by atoms with Crippen LogP contribution in [0.5, 0.6) is 5.75 Å². The van der Waals surface area contributed by atoms with Crippen LogP contribution in [0.25, 0.3) is 32.9 Å². The zero-order valence-electron chi connectivity index (χ0n) is 24.9. The molecule has 1 aliphatic rings. The minimum absolute atomic E-state index is 0.0421. The van der Waals surface area contributed by atoms with E-state index < -0.39 is 30.0 Å². The van der Waals surface area contributed by atoms with Gasteiger partial charge in [-0.05, 0) is 47.9 Å². The summed E-state index contributed by atoms with van der Waals surface area (Å²) < 4.78 is 85.8. The maximum Gasteiger partial charge on any atom is 0.493 e. The zero-order valence-corrected chi connectivity index (χ0v) is 24.9. The molecule has 2 aromatic heterocycles. The number of H-pyrrole nitrogens is 1. The Morgan fingerprint density at radius 3 is 2.17 bits per heavy atom. The second-order valence-corrected chi connectivity index (χ2v) is 11.1. The summed E-state index contributed by atoms with van der Waals surface area (Å²) in [6.45, 7) is 3.91. The SMILES string of the molecule is CCc1ccc(-c2c(CN3CCN(c4cccc5[nH]ccc45)CC3)n(OC(=O)C(F)(F)F)c3cccc(OC(=O)C(F)(F)F)c23)cc1. The number of esters is 1. The Morgan fingerprint density at radius 2 is 1.51 bits per heavy atom. The summed E-state index contributed by atoms with van der Waals surface area (Å²) in [4.78, 5) is 36.4. The van der Waals surface area contributed by atoms with Crippen LogP contribution in [0.4, 0.5) is 32.0 Å². The van der Waals surface area contributed by atoms with Crippen LogP contribution in [-0.4, -0.2) is 65.1 Å². The third kappa shape index (κ3) is 6.37. The Morgan fingerprint density at radius 1 is 0.830 bits per heavy atom. The van der Waals surface area contributed by atoms with Crippen LogP contribution >= 0.6 is 0 Å². The van der Waals surface area contributed by atoms with E-state index in [1.165, 1.54) is 12.1 Å². The molecule has 1 fully saturated rings. The first-order valence-electron chi connectivity index (χ1n) is 14.7. The number of carbonyl (C=O) groups excluding carboxylic acids is 2. The van der Waals surface area contributed by atoms with Crippen LogP contribution in [-0.2, 0) is 22.6 Å². The molecule has 14 heteroatoms. The zero-order chi connectivity index (χ0) is 33.5. The molecule has 0 spiro atoms. The summed E-state index contributed by atoms with van der Waals surface area (Å²) >= 11 is 0. The van der Waals surface area contributed by atoms with Crippen molar-refractivity contribution in [2.24, 2.45) is 0 Å². The minimum atomic E-state index is -5.37. The van der Waals surface area contributed by atoms with E-state index in [9.17, 15) is 35.9 Å². The van der Waals surface area contributed by atoms with E-state index in [0.29, 0.717) is 42.9 Å². The predicted octanol–water partition coefficient (Wildman–Crippen LogP) is 6.66. The second kappa shape index (κ2) is 12.3. The van der Waals surface area contributed by atoms with Gasteiger partial charge < -0.3 is 19.5 Å². The third-order valence-corrected chi connectivity index (χ3v) is 8.16. The highest BCUT2D eigenvalue weighted by atomic mass is 19.4. The number of anilines is 1. The molecule has 0 aliphatic carbocycles. The number of rotatable bonds is 7. The topological polar surface area (TPSA) is 79.8 Å². The number of alkyl halides is 6. The van der Waals surface area contributed by atoms with Gasteiger partial charge in [0.2, 0.25) is 0 Å². The van der Waals surface area contributed by atoms with Gasteiger partial charge in [0.05, 0.1) is 16.6 Å². The van der Waals surface area contributed by atoms with Crippen molar-refractivity contribution in [2.45, 2.75) is 32.2 Å². The summed E-state index contributed by atoms with van der Waals surface area (Å²) in [5, 5.41) is 0.927. The lowest BCUT2D eigenvalue weighted by Crippen LogP contribution is -2.46. The molecule has 6 rings (SSSR count). The normalized spacial score (nSPS) is 14.6. The highest BCUT2D eigenvalue weighted by Crippen LogP contribution is 2.42. The van der Waals surface area contributed by atoms with Gasteiger partial charge in [0.15, 0.2) is 0 Å². The highest BCUT2D eigenvalue weighted by molar-refractivity contribution is 6.03. The van der Waals surface area contributed by atoms with Crippen molar-refractivity contribution in [1.82, 2.24) is 14.6 Å². The molecule has 0 bridgehead atoms. The van der Waals surface area contributed by atoms with Crippen LogP contribution in [0.15, 0.2) is 72.9 Å². The second-order valence-electron chi connectivity index (χ2n) is 11.1. The lowest BCUT2D eigenvalue weighted by Gasteiger charge is -2.36. The van der Waals surface area contributed by atoms with Crippen LogP contribution in [0.1, 0.15) is 18.2 Å². The van der Waals surface area contributed by atoms with E-state index in [4.69, 9.17) is 9.57 Å². The number of halogens is 6. The molecule has 3 heterocycles. The number of carbonyl (C=O) groups is 2. The number of ether oxygens (including phenoxy) is 1. The van der Waals surface area contributed by atoms with Crippen LogP contribution < -0.4 is 14.5 Å². The average molecular weight is 659 g/mol. The van der Waals surface area contributed by atoms with Crippen molar-refractivity contribution < 1.29 is 45.5 Å². The van der Waals surface area contributed by atoms with Gasteiger partial charge in [-0.3, -0.25) is 4.90 Å². The Labute approximate surface area is 264 Å². The van der Waals surface area contributed by atoms with Crippen molar-refractivity contribution >= 4 is 39.4 Å². The Hall–Kier alpha value is -4.98. The number of aromatic amines is 1. The summed E-state index contributed by atoms with van der Waals surface area (Å²) in [5.74, 6) is -5.58. The van der Waals surface area contributed by atoms with Gasteiger partial charge >= 0.3 is 24.3 Å². The van der Waals surface area contributed by atoms with E-state index in [1.54, 1.807) is 24.3 Å². The molecule has 0 unspecified atom stereocenters. The van der Waals surface area contributed by atoms with Crippen molar-refractivity contribution in [2.75, 3.05) is 31.1 Å². The van der Waals surface area contributed by atoms with Crippen molar-refractivity contribution in [1.29, 1.82) is 0 Å². The van der Waals surface area contributed by atoms with Crippen LogP contribution in [0, 0.1) is 0 Å². The van der Waals surface area contributed by atoms with Gasteiger partial charge in [0.25, 0.3) is 0 Å². The molecule has 0 saturated carbocycles. The molecule has 1 aliphatic heterocycles. The number of hydrogen-bond donors (Lipinski definition) is 1. The fraction of sp³-hybridized carbons (Fsp3) is 0.273. The molecule has 1 N–H and O–H groups in total. The lowest BCUT2D eigenvalue weighted by atomic mass is 9.99. The van der Waals surface area contributed by atoms with E-state index in [0.717, 1.165) is 28.2 Å². The fourth-order valence-electron chi connectivity index (χ4n) is 5.88. The summed E-state index contributed by atoms with van der Waals surface area (Å²) in [7, 11) is 0. The van der Waals surface area contributed by atoms with Crippen LogP contribution in [0.2, 0.25) is 0 Å². The number of nitrogens with one attached hydrogen (secondary N) is 1. The maximum absolute atomic E-state index is 13.5. The molecule has 3 aromatic carbocycles. The molecular formula is C33H28F6N4O4. The number of aryl methyl sites for hydroxylation is 1. The van der Waals surface area contributed by atoms with Gasteiger partial charge in [-0.25, -0.2) is 9.59 Å². The Bertz CT molecular complexity index is 1940. The number of piperazine rings is 1.